The van der Waals surface area contributed by atoms with Gasteiger partial charge in [0, 0.05) is 49.2 Å². The molecule has 1 aliphatic rings. The van der Waals surface area contributed by atoms with Crippen molar-refractivity contribution in [1.29, 1.82) is 0 Å². The maximum absolute atomic E-state index is 5.57. The second kappa shape index (κ2) is 9.49. The summed E-state index contributed by atoms with van der Waals surface area (Å²) in [4.78, 5) is 8.53. The summed E-state index contributed by atoms with van der Waals surface area (Å²) in [6.07, 6.45) is 3.32. The number of H-pyrrole nitrogens is 1. The van der Waals surface area contributed by atoms with E-state index in [0.29, 0.717) is 5.92 Å². The maximum atomic E-state index is 5.57. The van der Waals surface area contributed by atoms with E-state index >= 15 is 0 Å². The first kappa shape index (κ1) is 20.7. The fourth-order valence-corrected chi connectivity index (χ4v) is 4.98. The van der Waals surface area contributed by atoms with E-state index in [9.17, 15) is 0 Å². The summed E-state index contributed by atoms with van der Waals surface area (Å²) in [5.74, 6) is 1.35. The molecule has 0 bridgehead atoms. The zero-order valence-corrected chi connectivity index (χ0v) is 18.7. The van der Waals surface area contributed by atoms with Gasteiger partial charge in [-0.25, -0.2) is 0 Å². The molecule has 0 saturated carbocycles. The van der Waals surface area contributed by atoms with Gasteiger partial charge in [-0.3, -0.25) is 4.90 Å². The van der Waals surface area contributed by atoms with Gasteiger partial charge in [0.05, 0.1) is 12.8 Å². The molecule has 1 atom stereocenters. The second-order valence-electron chi connectivity index (χ2n) is 8.54. The number of piperazine rings is 1. The highest BCUT2D eigenvalue weighted by Gasteiger charge is 2.22. The van der Waals surface area contributed by atoms with Crippen molar-refractivity contribution in [2.45, 2.75) is 12.3 Å². The fourth-order valence-electron chi connectivity index (χ4n) is 4.98. The van der Waals surface area contributed by atoms with Crippen LogP contribution in [-0.4, -0.2) is 49.7 Å². The summed E-state index contributed by atoms with van der Waals surface area (Å²) < 4.78 is 5.57. The molecule has 0 spiro atoms. The third-order valence-corrected chi connectivity index (χ3v) is 6.73. The van der Waals surface area contributed by atoms with Crippen molar-refractivity contribution in [2.75, 3.05) is 44.7 Å². The lowest BCUT2D eigenvalue weighted by molar-refractivity contribution is 0.250. The molecule has 164 valence electrons. The van der Waals surface area contributed by atoms with E-state index in [1.54, 1.807) is 7.11 Å². The van der Waals surface area contributed by atoms with Crippen molar-refractivity contribution >= 4 is 16.6 Å². The van der Waals surface area contributed by atoms with Crippen LogP contribution in [0, 0.1) is 0 Å². The smallest absolute Gasteiger partial charge is 0.142 e. The topological polar surface area (TPSA) is 31.5 Å². The van der Waals surface area contributed by atoms with Crippen molar-refractivity contribution in [1.82, 2.24) is 9.88 Å². The molecule has 4 nitrogen and oxygen atoms in total. The van der Waals surface area contributed by atoms with E-state index in [1.807, 2.05) is 12.1 Å². The largest absolute Gasteiger partial charge is 0.495 e. The Balaban J connectivity index is 1.29. The number of nitrogens with one attached hydrogen (secondary N) is 1. The van der Waals surface area contributed by atoms with Gasteiger partial charge in [-0.1, -0.05) is 60.7 Å². The molecule has 1 fully saturated rings. The predicted molar refractivity (Wildman–Crippen MR) is 133 cm³/mol. The molecule has 0 radical (unpaired) electrons. The molecule has 5 rings (SSSR count). The number of rotatable bonds is 7. The summed E-state index contributed by atoms with van der Waals surface area (Å²) in [6, 6.07) is 27.9. The minimum absolute atomic E-state index is 0.389. The Hall–Kier alpha value is -3.24. The average molecular weight is 426 g/mol. The number of hydrogen-bond donors (Lipinski definition) is 1. The highest BCUT2D eigenvalue weighted by atomic mass is 16.5. The molecule has 4 aromatic rings. The molecule has 0 amide bonds. The number of benzene rings is 3. The number of methoxy groups -OCH3 is 1. The van der Waals surface area contributed by atoms with E-state index in [2.05, 4.69) is 87.7 Å². The van der Waals surface area contributed by atoms with E-state index in [-0.39, 0.29) is 0 Å². The van der Waals surface area contributed by atoms with Crippen molar-refractivity contribution in [3.8, 4) is 5.75 Å². The molecule has 2 heterocycles. The molecule has 1 unspecified atom stereocenters. The zero-order valence-electron chi connectivity index (χ0n) is 18.7. The van der Waals surface area contributed by atoms with E-state index < -0.39 is 0 Å². The van der Waals surface area contributed by atoms with Crippen LogP contribution in [0.2, 0.25) is 0 Å². The molecule has 0 aliphatic carbocycles. The Morgan fingerprint density at radius 2 is 1.56 bits per heavy atom. The molecule has 1 N–H and O–H groups in total. The van der Waals surface area contributed by atoms with Crippen molar-refractivity contribution in [2.24, 2.45) is 0 Å². The molecule has 1 aromatic heterocycles. The second-order valence-corrected chi connectivity index (χ2v) is 8.54. The molecular formula is C28H31N3O. The molecule has 4 heteroatoms. The van der Waals surface area contributed by atoms with Gasteiger partial charge >= 0.3 is 0 Å². The van der Waals surface area contributed by atoms with Gasteiger partial charge in [0.25, 0.3) is 0 Å². The first-order valence-electron chi connectivity index (χ1n) is 11.5. The number of para-hydroxylation sites is 3. The Kier molecular flexibility index (Phi) is 6.13. The first-order chi connectivity index (χ1) is 15.8. The molecule has 32 heavy (non-hydrogen) atoms. The van der Waals surface area contributed by atoms with Crippen molar-refractivity contribution < 1.29 is 4.74 Å². The standard InChI is InChI=1S/C28H31N3O/c1-32-28-14-8-7-13-27(28)31-19-17-30(18-20-31)16-15-23(22-9-3-2-4-10-22)25-21-29-26-12-6-5-11-24(25)26/h2-14,21,23,29H,15-20H2,1H3. The number of fused-ring (bicyclic) bond motifs is 1. The van der Waals surface area contributed by atoms with Gasteiger partial charge < -0.3 is 14.6 Å². The van der Waals surface area contributed by atoms with Gasteiger partial charge in [-0.15, -0.1) is 0 Å². The number of aromatic nitrogens is 1. The van der Waals surface area contributed by atoms with E-state index in [1.165, 1.54) is 27.7 Å². The summed E-state index contributed by atoms with van der Waals surface area (Å²) in [5.41, 5.74) is 5.22. The molecule has 3 aromatic carbocycles. The van der Waals surface area contributed by atoms with Crippen molar-refractivity contribution in [3.63, 3.8) is 0 Å². The average Bonchev–Trinajstić information content (AvgIpc) is 3.29. The van der Waals surface area contributed by atoms with Crippen LogP contribution in [0.4, 0.5) is 5.69 Å². The van der Waals surface area contributed by atoms with Crippen LogP contribution >= 0.6 is 0 Å². The Bertz CT molecular complexity index is 1150. The van der Waals surface area contributed by atoms with Crippen LogP contribution in [0.3, 0.4) is 0 Å². The number of hydrogen-bond acceptors (Lipinski definition) is 3. The summed E-state index contributed by atoms with van der Waals surface area (Å²) >= 11 is 0. The minimum Gasteiger partial charge on any atom is -0.495 e. The van der Waals surface area contributed by atoms with Crippen molar-refractivity contribution in [3.05, 3.63) is 96.2 Å². The van der Waals surface area contributed by atoms with Crippen LogP contribution < -0.4 is 9.64 Å². The Morgan fingerprint density at radius 1 is 0.844 bits per heavy atom. The monoisotopic (exact) mass is 425 g/mol. The number of anilines is 1. The van der Waals surface area contributed by atoms with Crippen LogP contribution in [0.1, 0.15) is 23.5 Å². The van der Waals surface area contributed by atoms with Crippen LogP contribution in [0.25, 0.3) is 10.9 Å². The highest BCUT2D eigenvalue weighted by Crippen LogP contribution is 2.34. The first-order valence-corrected chi connectivity index (χ1v) is 11.5. The summed E-state index contributed by atoms with van der Waals surface area (Å²) in [5, 5.41) is 1.34. The maximum Gasteiger partial charge on any atom is 0.142 e. The Labute approximate surface area is 190 Å². The van der Waals surface area contributed by atoms with Crippen LogP contribution in [0.15, 0.2) is 85.1 Å². The molecule has 1 aliphatic heterocycles. The van der Waals surface area contributed by atoms with Gasteiger partial charge in [-0.2, -0.15) is 0 Å². The molecule has 1 saturated heterocycles. The number of aromatic amines is 1. The normalized spacial score (nSPS) is 15.7. The lowest BCUT2D eigenvalue weighted by atomic mass is 9.88. The lowest BCUT2D eigenvalue weighted by Crippen LogP contribution is -2.46. The van der Waals surface area contributed by atoms with Gasteiger partial charge in [0.15, 0.2) is 0 Å². The lowest BCUT2D eigenvalue weighted by Gasteiger charge is -2.37. The Morgan fingerprint density at radius 3 is 2.38 bits per heavy atom. The predicted octanol–water partition coefficient (Wildman–Crippen LogP) is 5.52. The highest BCUT2D eigenvalue weighted by molar-refractivity contribution is 5.84. The SMILES string of the molecule is COc1ccccc1N1CCN(CCC(c2ccccc2)c2c[nH]c3ccccc23)CC1. The third kappa shape index (κ3) is 4.23. The van der Waals surface area contributed by atoms with Gasteiger partial charge in [0.1, 0.15) is 5.75 Å². The van der Waals surface area contributed by atoms with Gasteiger partial charge in [-0.05, 0) is 42.3 Å². The summed E-state index contributed by atoms with van der Waals surface area (Å²) in [7, 11) is 1.75. The number of ether oxygens (including phenoxy) is 1. The van der Waals surface area contributed by atoms with Crippen LogP contribution in [-0.2, 0) is 0 Å². The minimum atomic E-state index is 0.389. The third-order valence-electron chi connectivity index (χ3n) is 6.73. The van der Waals surface area contributed by atoms with E-state index in [4.69, 9.17) is 4.74 Å². The quantitative estimate of drug-likeness (QED) is 0.423. The molecular weight excluding hydrogens is 394 g/mol. The fraction of sp³-hybridized carbons (Fsp3) is 0.286. The van der Waals surface area contributed by atoms with E-state index in [0.717, 1.165) is 44.9 Å². The number of nitrogens with zero attached hydrogens (tertiary/aromatic N) is 2. The zero-order chi connectivity index (χ0) is 21.8. The van der Waals surface area contributed by atoms with Crippen LogP contribution in [0.5, 0.6) is 5.75 Å². The van der Waals surface area contributed by atoms with Gasteiger partial charge in [0.2, 0.25) is 0 Å². The summed E-state index contributed by atoms with van der Waals surface area (Å²) in [6.45, 7) is 5.31.